The number of pyridine rings is 1. The van der Waals surface area contributed by atoms with Crippen LogP contribution in [-0.4, -0.2) is 35.8 Å². The molecule has 3 N–H and O–H groups in total. The van der Waals surface area contributed by atoms with Gasteiger partial charge in [-0.1, -0.05) is 28.1 Å². The molecule has 1 aliphatic heterocycles. The molecule has 0 radical (unpaired) electrons. The van der Waals surface area contributed by atoms with E-state index in [1.54, 1.807) is 0 Å². The van der Waals surface area contributed by atoms with Crippen LogP contribution < -0.4 is 15.4 Å². The Bertz CT molecular complexity index is 829. The number of nitrogens with zero attached hydrogens (tertiary/aromatic N) is 1. The molecule has 2 heterocycles. The van der Waals surface area contributed by atoms with E-state index >= 15 is 0 Å². The highest BCUT2D eigenvalue weighted by molar-refractivity contribution is 9.10. The Morgan fingerprint density at radius 1 is 1.39 bits per heavy atom. The summed E-state index contributed by atoms with van der Waals surface area (Å²) < 4.78 is 6.68. The molecule has 1 aromatic carbocycles. The number of carbonyl (C=O) groups excluding carboxylic acids is 1. The number of aliphatic hydroxyl groups is 1. The number of rotatable bonds is 8. The molecular weight excluding hydrogens is 422 g/mol. The summed E-state index contributed by atoms with van der Waals surface area (Å²) in [4.78, 5) is 17.1. The molecule has 0 spiro atoms. The summed E-state index contributed by atoms with van der Waals surface area (Å²) in [6, 6.07) is 9.52. The maximum absolute atomic E-state index is 12.5. The van der Waals surface area contributed by atoms with Crippen LogP contribution in [0.1, 0.15) is 42.6 Å². The highest BCUT2D eigenvalue weighted by Gasteiger charge is 2.17. The number of aliphatic hydroxyl groups excluding tert-OH is 1. The number of anilines is 1. The Morgan fingerprint density at radius 2 is 2.25 bits per heavy atom. The van der Waals surface area contributed by atoms with Gasteiger partial charge in [-0.05, 0) is 43.5 Å². The van der Waals surface area contributed by atoms with Gasteiger partial charge in [-0.2, -0.15) is 0 Å². The van der Waals surface area contributed by atoms with Crippen LogP contribution in [0.25, 0.3) is 0 Å². The van der Waals surface area contributed by atoms with Crippen molar-refractivity contribution in [1.82, 2.24) is 10.3 Å². The molecule has 0 fully saturated rings. The van der Waals surface area contributed by atoms with Gasteiger partial charge < -0.3 is 20.5 Å². The van der Waals surface area contributed by atoms with Crippen molar-refractivity contribution in [3.05, 3.63) is 51.6 Å². The molecule has 1 unspecified atom stereocenters. The zero-order valence-corrected chi connectivity index (χ0v) is 17.6. The predicted octanol–water partition coefficient (Wildman–Crippen LogP) is 3.38. The second kappa shape index (κ2) is 9.89. The van der Waals surface area contributed by atoms with E-state index in [0.29, 0.717) is 18.8 Å². The number of carbonyl (C=O) groups is 1. The maximum Gasteiger partial charge on any atom is 0.226 e. The lowest BCUT2D eigenvalue weighted by molar-refractivity contribution is -0.121. The van der Waals surface area contributed by atoms with Crippen molar-refractivity contribution in [3.8, 4) is 5.75 Å². The van der Waals surface area contributed by atoms with Crippen molar-refractivity contribution >= 4 is 27.7 Å². The molecule has 150 valence electrons. The number of hydrogen-bond donors (Lipinski definition) is 3. The van der Waals surface area contributed by atoms with Crippen molar-refractivity contribution in [3.63, 3.8) is 0 Å². The summed E-state index contributed by atoms with van der Waals surface area (Å²) in [7, 11) is 0. The van der Waals surface area contributed by atoms with E-state index in [0.717, 1.165) is 40.9 Å². The monoisotopic (exact) mass is 447 g/mol. The van der Waals surface area contributed by atoms with Gasteiger partial charge in [0, 0.05) is 29.6 Å². The molecule has 1 amide bonds. The van der Waals surface area contributed by atoms with Gasteiger partial charge in [0.2, 0.25) is 5.91 Å². The van der Waals surface area contributed by atoms with Crippen molar-refractivity contribution < 1.29 is 14.6 Å². The fraction of sp³-hybridized carbons (Fsp3) is 0.429. The lowest BCUT2D eigenvalue weighted by Gasteiger charge is -2.19. The maximum atomic E-state index is 12.5. The smallest absolute Gasteiger partial charge is 0.226 e. The summed E-state index contributed by atoms with van der Waals surface area (Å²) in [6.07, 6.45) is 2.94. The minimum atomic E-state index is -0.208. The number of halogens is 1. The average molecular weight is 448 g/mol. The van der Waals surface area contributed by atoms with Gasteiger partial charge in [-0.15, -0.1) is 0 Å². The van der Waals surface area contributed by atoms with Crippen molar-refractivity contribution in [2.45, 2.75) is 38.6 Å². The number of benzene rings is 1. The topological polar surface area (TPSA) is 83.5 Å². The molecule has 6 nitrogen and oxygen atoms in total. The Labute approximate surface area is 173 Å². The first-order valence-electron chi connectivity index (χ1n) is 9.62. The van der Waals surface area contributed by atoms with Crippen LogP contribution >= 0.6 is 15.9 Å². The van der Waals surface area contributed by atoms with Gasteiger partial charge in [0.05, 0.1) is 24.8 Å². The van der Waals surface area contributed by atoms with Gasteiger partial charge >= 0.3 is 0 Å². The molecule has 0 bridgehead atoms. The minimum Gasteiger partial charge on any atom is -0.493 e. The zero-order chi connectivity index (χ0) is 19.9. The van der Waals surface area contributed by atoms with E-state index in [-0.39, 0.29) is 25.0 Å². The fourth-order valence-corrected chi connectivity index (χ4v) is 3.58. The van der Waals surface area contributed by atoms with E-state index < -0.39 is 0 Å². The molecule has 1 atom stereocenters. The van der Waals surface area contributed by atoms with Gasteiger partial charge in [-0.3, -0.25) is 4.79 Å². The third-order valence-electron chi connectivity index (χ3n) is 4.67. The first-order valence-corrected chi connectivity index (χ1v) is 10.4. The highest BCUT2D eigenvalue weighted by Crippen LogP contribution is 2.29. The van der Waals surface area contributed by atoms with E-state index in [4.69, 9.17) is 9.84 Å². The average Bonchev–Trinajstić information content (AvgIpc) is 2.68. The number of nitrogens with one attached hydrogen (secondary N) is 2. The minimum absolute atomic E-state index is 0.0816. The van der Waals surface area contributed by atoms with Gasteiger partial charge in [0.25, 0.3) is 0 Å². The second-order valence-corrected chi connectivity index (χ2v) is 7.83. The summed E-state index contributed by atoms with van der Waals surface area (Å²) >= 11 is 3.45. The fourth-order valence-electron chi connectivity index (χ4n) is 3.24. The molecule has 3 rings (SSSR count). The Kier molecular flexibility index (Phi) is 7.28. The zero-order valence-electron chi connectivity index (χ0n) is 16.0. The van der Waals surface area contributed by atoms with Gasteiger partial charge in [0.1, 0.15) is 11.6 Å². The standard InChI is InChI=1S/C21H26BrN3O3/c1-14(18-8-6-16(22)12-19(18)28-11-3-10-26)24-20(27)13-17-7-5-15-4-2-9-23-21(15)25-17/h5-8,12,14,26H,2-4,9-11,13H2,1H3,(H,23,25)(H,24,27). The number of aryl methyl sites for hydroxylation is 1. The summed E-state index contributed by atoms with van der Waals surface area (Å²) in [5, 5.41) is 15.3. The van der Waals surface area contributed by atoms with Crippen LogP contribution in [-0.2, 0) is 17.6 Å². The molecule has 2 aromatic rings. The summed E-state index contributed by atoms with van der Waals surface area (Å²) in [5.74, 6) is 1.52. The Morgan fingerprint density at radius 3 is 3.07 bits per heavy atom. The molecule has 0 aliphatic carbocycles. The van der Waals surface area contributed by atoms with Crippen LogP contribution in [0.15, 0.2) is 34.8 Å². The van der Waals surface area contributed by atoms with Crippen LogP contribution in [0.2, 0.25) is 0 Å². The number of fused-ring (bicyclic) bond motifs is 1. The number of amides is 1. The first-order chi connectivity index (χ1) is 13.6. The lowest BCUT2D eigenvalue weighted by atomic mass is 10.1. The van der Waals surface area contributed by atoms with Crippen molar-refractivity contribution in [1.29, 1.82) is 0 Å². The van der Waals surface area contributed by atoms with Gasteiger partial charge in [-0.25, -0.2) is 4.98 Å². The molecule has 1 aliphatic rings. The molecule has 1 aromatic heterocycles. The van der Waals surface area contributed by atoms with E-state index in [2.05, 4.69) is 37.6 Å². The van der Waals surface area contributed by atoms with Crippen molar-refractivity contribution in [2.24, 2.45) is 0 Å². The Balaban J connectivity index is 1.64. The first kappa shape index (κ1) is 20.6. The largest absolute Gasteiger partial charge is 0.493 e. The molecule has 7 heteroatoms. The number of aromatic nitrogens is 1. The molecule has 28 heavy (non-hydrogen) atoms. The second-order valence-electron chi connectivity index (χ2n) is 6.91. The predicted molar refractivity (Wildman–Crippen MR) is 113 cm³/mol. The number of ether oxygens (including phenoxy) is 1. The van der Waals surface area contributed by atoms with Crippen LogP contribution in [0.3, 0.4) is 0 Å². The number of hydrogen-bond acceptors (Lipinski definition) is 5. The third kappa shape index (κ3) is 5.45. The quantitative estimate of drug-likeness (QED) is 0.540. The summed E-state index contributed by atoms with van der Waals surface area (Å²) in [6.45, 7) is 3.36. The molecule has 0 saturated carbocycles. The summed E-state index contributed by atoms with van der Waals surface area (Å²) in [5.41, 5.74) is 2.87. The van der Waals surface area contributed by atoms with E-state index in [9.17, 15) is 4.79 Å². The normalized spacial score (nSPS) is 14.0. The van der Waals surface area contributed by atoms with Crippen LogP contribution in [0.5, 0.6) is 5.75 Å². The molecule has 0 saturated heterocycles. The van der Waals surface area contributed by atoms with Crippen LogP contribution in [0.4, 0.5) is 5.82 Å². The lowest BCUT2D eigenvalue weighted by Crippen LogP contribution is -2.29. The SMILES string of the molecule is CC(NC(=O)Cc1ccc2c(n1)NCCC2)c1ccc(Br)cc1OCCCO. The van der Waals surface area contributed by atoms with Crippen LogP contribution in [0, 0.1) is 0 Å². The van der Waals surface area contributed by atoms with Gasteiger partial charge in [0.15, 0.2) is 0 Å². The van der Waals surface area contributed by atoms with E-state index in [1.807, 2.05) is 31.2 Å². The highest BCUT2D eigenvalue weighted by atomic mass is 79.9. The Hall–Kier alpha value is -2.12. The van der Waals surface area contributed by atoms with Crippen molar-refractivity contribution in [2.75, 3.05) is 25.1 Å². The third-order valence-corrected chi connectivity index (χ3v) is 5.17. The van der Waals surface area contributed by atoms with E-state index in [1.165, 1.54) is 5.56 Å². The molecular formula is C21H26BrN3O3.